The van der Waals surface area contributed by atoms with Gasteiger partial charge in [-0.15, -0.1) is 0 Å². The van der Waals surface area contributed by atoms with Gasteiger partial charge in [0.2, 0.25) is 5.91 Å². The quantitative estimate of drug-likeness (QED) is 0.928. The van der Waals surface area contributed by atoms with Crippen LogP contribution in [0.3, 0.4) is 0 Å². The van der Waals surface area contributed by atoms with Gasteiger partial charge in [-0.2, -0.15) is 0 Å². The molecule has 1 aromatic rings. The molecule has 0 spiro atoms. The van der Waals surface area contributed by atoms with Crippen LogP contribution in [0.5, 0.6) is 0 Å². The summed E-state index contributed by atoms with van der Waals surface area (Å²) in [6.07, 6.45) is 0.635. The molecule has 1 unspecified atom stereocenters. The number of nitrogens with zero attached hydrogens (tertiary/aromatic N) is 1. The van der Waals surface area contributed by atoms with E-state index in [1.807, 2.05) is 31.2 Å². The maximum atomic E-state index is 12.1. The zero-order valence-electron chi connectivity index (χ0n) is 10.5. The third kappa shape index (κ3) is 3.82. The van der Waals surface area contributed by atoms with E-state index in [2.05, 4.69) is 15.9 Å². The monoisotopic (exact) mass is 298 g/mol. The van der Waals surface area contributed by atoms with Crippen molar-refractivity contribution >= 4 is 21.8 Å². The molecule has 3 nitrogen and oxygen atoms in total. The third-order valence-electron chi connectivity index (χ3n) is 2.90. The molecule has 2 N–H and O–H groups in total. The summed E-state index contributed by atoms with van der Waals surface area (Å²) in [6.45, 7) is 4.28. The van der Waals surface area contributed by atoms with Gasteiger partial charge in [0.25, 0.3) is 0 Å². The maximum absolute atomic E-state index is 12.1. The Bertz CT molecular complexity index is 387. The number of benzene rings is 1. The average molecular weight is 299 g/mol. The Balaban J connectivity index is 2.69. The highest BCUT2D eigenvalue weighted by Gasteiger charge is 2.28. The first-order chi connectivity index (χ1) is 7.86. The molecule has 1 atom stereocenters. The number of carbonyl (C=O) groups is 1. The van der Waals surface area contributed by atoms with Crippen molar-refractivity contribution in [3.05, 3.63) is 34.3 Å². The summed E-state index contributed by atoms with van der Waals surface area (Å²) in [4.78, 5) is 13.7. The van der Waals surface area contributed by atoms with Crippen LogP contribution in [-0.2, 0) is 11.3 Å². The van der Waals surface area contributed by atoms with Crippen LogP contribution in [0.2, 0.25) is 0 Å². The Kier molecular flexibility index (Phi) is 4.71. The Hall–Kier alpha value is -0.870. The third-order valence-corrected chi connectivity index (χ3v) is 3.43. The fourth-order valence-corrected chi connectivity index (χ4v) is 1.79. The number of hydrogen-bond donors (Lipinski definition) is 1. The molecule has 0 aliphatic carbocycles. The van der Waals surface area contributed by atoms with Crippen LogP contribution in [0, 0.1) is 0 Å². The number of likely N-dealkylation sites (N-methyl/N-ethyl adjacent to an activating group) is 1. The highest BCUT2D eigenvalue weighted by Crippen LogP contribution is 2.14. The Labute approximate surface area is 111 Å². The van der Waals surface area contributed by atoms with Crippen molar-refractivity contribution in [3.63, 3.8) is 0 Å². The summed E-state index contributed by atoms with van der Waals surface area (Å²) in [5.41, 5.74) is 6.26. The molecular weight excluding hydrogens is 280 g/mol. The molecule has 94 valence electrons. The predicted octanol–water partition coefficient (Wildman–Crippen LogP) is 2.53. The first-order valence-electron chi connectivity index (χ1n) is 5.65. The van der Waals surface area contributed by atoms with Crippen molar-refractivity contribution in [1.82, 2.24) is 4.90 Å². The molecule has 1 amide bonds. The lowest BCUT2D eigenvalue weighted by Gasteiger charge is -2.28. The van der Waals surface area contributed by atoms with Crippen molar-refractivity contribution in [2.75, 3.05) is 7.05 Å². The second-order valence-corrected chi connectivity index (χ2v) is 5.47. The van der Waals surface area contributed by atoms with E-state index < -0.39 is 5.54 Å². The van der Waals surface area contributed by atoms with Crippen LogP contribution in [-0.4, -0.2) is 23.4 Å². The molecule has 0 saturated heterocycles. The predicted molar refractivity (Wildman–Crippen MR) is 73.5 cm³/mol. The van der Waals surface area contributed by atoms with E-state index in [0.717, 1.165) is 10.0 Å². The van der Waals surface area contributed by atoms with Gasteiger partial charge in [-0.05, 0) is 31.0 Å². The van der Waals surface area contributed by atoms with Gasteiger partial charge < -0.3 is 10.6 Å². The first kappa shape index (κ1) is 14.2. The maximum Gasteiger partial charge on any atom is 0.242 e. The minimum atomic E-state index is -0.774. The lowest BCUT2D eigenvalue weighted by Crippen LogP contribution is -2.51. The largest absolute Gasteiger partial charge is 0.340 e. The van der Waals surface area contributed by atoms with Gasteiger partial charge in [0.15, 0.2) is 0 Å². The molecule has 4 heteroatoms. The molecule has 0 heterocycles. The molecule has 0 fully saturated rings. The van der Waals surface area contributed by atoms with Crippen LogP contribution in [0.25, 0.3) is 0 Å². The van der Waals surface area contributed by atoms with Crippen molar-refractivity contribution in [3.8, 4) is 0 Å². The smallest absolute Gasteiger partial charge is 0.242 e. The minimum Gasteiger partial charge on any atom is -0.340 e. The molecule has 0 bridgehead atoms. The lowest BCUT2D eigenvalue weighted by molar-refractivity contribution is -0.135. The van der Waals surface area contributed by atoms with E-state index in [4.69, 9.17) is 5.73 Å². The Morgan fingerprint density at radius 3 is 2.41 bits per heavy atom. The van der Waals surface area contributed by atoms with E-state index in [1.54, 1.807) is 18.9 Å². The van der Waals surface area contributed by atoms with Crippen molar-refractivity contribution in [2.45, 2.75) is 32.4 Å². The summed E-state index contributed by atoms with van der Waals surface area (Å²) < 4.78 is 1.03. The second kappa shape index (κ2) is 5.65. The van der Waals surface area contributed by atoms with Gasteiger partial charge in [0, 0.05) is 18.1 Å². The van der Waals surface area contributed by atoms with Gasteiger partial charge in [-0.1, -0.05) is 35.0 Å². The second-order valence-electron chi connectivity index (χ2n) is 4.56. The van der Waals surface area contributed by atoms with Crippen molar-refractivity contribution in [1.29, 1.82) is 0 Å². The van der Waals surface area contributed by atoms with Gasteiger partial charge in [-0.3, -0.25) is 4.79 Å². The molecule has 1 rings (SSSR count). The lowest BCUT2D eigenvalue weighted by atomic mass is 9.98. The molecule has 17 heavy (non-hydrogen) atoms. The van der Waals surface area contributed by atoms with E-state index in [-0.39, 0.29) is 5.91 Å². The average Bonchev–Trinajstić information content (AvgIpc) is 2.31. The van der Waals surface area contributed by atoms with Crippen LogP contribution >= 0.6 is 15.9 Å². The molecule has 0 aliphatic heterocycles. The summed E-state index contributed by atoms with van der Waals surface area (Å²) >= 11 is 3.38. The minimum absolute atomic E-state index is 0.0251. The molecular formula is C13H19BrN2O. The number of amides is 1. The highest BCUT2D eigenvalue weighted by atomic mass is 79.9. The summed E-state index contributed by atoms with van der Waals surface area (Å²) in [7, 11) is 1.78. The number of rotatable bonds is 4. The van der Waals surface area contributed by atoms with Crippen LogP contribution in [0.1, 0.15) is 25.8 Å². The number of nitrogens with two attached hydrogens (primary N) is 1. The zero-order valence-corrected chi connectivity index (χ0v) is 12.1. The molecule has 0 aliphatic rings. The van der Waals surface area contributed by atoms with Gasteiger partial charge in [-0.25, -0.2) is 0 Å². The summed E-state index contributed by atoms with van der Waals surface area (Å²) in [6, 6.07) is 7.92. The van der Waals surface area contributed by atoms with Crippen LogP contribution in [0.15, 0.2) is 28.7 Å². The molecule has 0 saturated carbocycles. The Morgan fingerprint density at radius 2 is 1.94 bits per heavy atom. The fourth-order valence-electron chi connectivity index (χ4n) is 1.52. The Morgan fingerprint density at radius 1 is 1.41 bits per heavy atom. The zero-order chi connectivity index (χ0) is 13.1. The van der Waals surface area contributed by atoms with Gasteiger partial charge in [0.1, 0.15) is 0 Å². The first-order valence-corrected chi connectivity index (χ1v) is 6.45. The SMILES string of the molecule is CCC(C)(N)C(=O)N(C)Cc1ccc(Br)cc1. The summed E-state index contributed by atoms with van der Waals surface area (Å²) in [5.74, 6) is -0.0251. The van der Waals surface area contributed by atoms with Crippen LogP contribution in [0.4, 0.5) is 0 Å². The van der Waals surface area contributed by atoms with Gasteiger partial charge >= 0.3 is 0 Å². The van der Waals surface area contributed by atoms with E-state index >= 15 is 0 Å². The van der Waals surface area contributed by atoms with E-state index in [9.17, 15) is 4.79 Å². The molecule has 0 aromatic heterocycles. The highest BCUT2D eigenvalue weighted by molar-refractivity contribution is 9.10. The number of hydrogen-bond acceptors (Lipinski definition) is 2. The van der Waals surface area contributed by atoms with Crippen molar-refractivity contribution < 1.29 is 4.79 Å². The van der Waals surface area contributed by atoms with Gasteiger partial charge in [0.05, 0.1) is 5.54 Å². The fraction of sp³-hybridized carbons (Fsp3) is 0.462. The van der Waals surface area contributed by atoms with E-state index in [0.29, 0.717) is 13.0 Å². The van der Waals surface area contributed by atoms with Crippen molar-refractivity contribution in [2.24, 2.45) is 5.73 Å². The number of carbonyl (C=O) groups excluding carboxylic acids is 1. The number of halogens is 1. The normalized spacial score (nSPS) is 14.2. The van der Waals surface area contributed by atoms with E-state index in [1.165, 1.54) is 0 Å². The molecule has 1 aromatic carbocycles. The summed E-state index contributed by atoms with van der Waals surface area (Å²) in [5, 5.41) is 0. The topological polar surface area (TPSA) is 46.3 Å². The standard InChI is InChI=1S/C13H19BrN2O/c1-4-13(2,15)12(17)16(3)9-10-5-7-11(14)8-6-10/h5-8H,4,9,15H2,1-3H3. The molecule has 0 radical (unpaired) electrons. The van der Waals surface area contributed by atoms with Crippen LogP contribution < -0.4 is 5.73 Å².